The maximum atomic E-state index is 12.0. The third kappa shape index (κ3) is 2.88. The van der Waals surface area contributed by atoms with Gasteiger partial charge < -0.3 is 15.1 Å². The van der Waals surface area contributed by atoms with E-state index < -0.39 is 0 Å². The van der Waals surface area contributed by atoms with E-state index in [0.717, 1.165) is 25.9 Å². The molecule has 1 aromatic heterocycles. The van der Waals surface area contributed by atoms with Gasteiger partial charge in [0.25, 0.3) is 0 Å². The van der Waals surface area contributed by atoms with Crippen LogP contribution in [0.1, 0.15) is 12.8 Å². The van der Waals surface area contributed by atoms with Crippen molar-refractivity contribution in [3.63, 3.8) is 0 Å². The highest BCUT2D eigenvalue weighted by molar-refractivity contribution is 5.81. The van der Waals surface area contributed by atoms with E-state index in [1.807, 2.05) is 16.8 Å². The predicted molar refractivity (Wildman–Crippen MR) is 70.7 cm³/mol. The molecule has 0 bridgehead atoms. The van der Waals surface area contributed by atoms with Crippen molar-refractivity contribution in [3.8, 4) is 0 Å². The van der Waals surface area contributed by atoms with Gasteiger partial charge in [-0.15, -0.1) is 0 Å². The zero-order chi connectivity index (χ0) is 13.0. The van der Waals surface area contributed by atoms with E-state index in [0.29, 0.717) is 18.2 Å². The Balaban J connectivity index is 1.97. The normalized spacial score (nSPS) is 14.7. The summed E-state index contributed by atoms with van der Waals surface area (Å²) in [5.74, 6) is 1.56. The highest BCUT2D eigenvalue weighted by Crippen LogP contribution is 2.12. The Kier molecular flexibility index (Phi) is 3.96. The van der Waals surface area contributed by atoms with Gasteiger partial charge in [-0.2, -0.15) is 0 Å². The zero-order valence-corrected chi connectivity index (χ0v) is 10.9. The summed E-state index contributed by atoms with van der Waals surface area (Å²) in [6.45, 7) is 2.12. The summed E-state index contributed by atoms with van der Waals surface area (Å²) in [4.78, 5) is 24.2. The fraction of sp³-hybridized carbons (Fsp3) is 0.583. The molecule has 1 N–H and O–H groups in total. The second kappa shape index (κ2) is 5.66. The van der Waals surface area contributed by atoms with Gasteiger partial charge in [-0.25, -0.2) is 4.98 Å². The molecule has 0 aromatic carbocycles. The molecule has 1 amide bonds. The third-order valence-electron chi connectivity index (χ3n) is 3.10. The number of rotatable bonds is 4. The van der Waals surface area contributed by atoms with Crippen molar-refractivity contribution >= 4 is 17.5 Å². The first-order valence-corrected chi connectivity index (χ1v) is 6.19. The number of amides is 1. The van der Waals surface area contributed by atoms with Gasteiger partial charge in [-0.3, -0.25) is 9.78 Å². The molecule has 0 aliphatic carbocycles. The Morgan fingerprint density at radius 1 is 1.44 bits per heavy atom. The van der Waals surface area contributed by atoms with E-state index in [1.54, 1.807) is 19.4 Å². The molecule has 0 atom stereocenters. The number of nitrogens with one attached hydrogen (secondary N) is 1. The monoisotopic (exact) mass is 249 g/mol. The Labute approximate surface area is 107 Å². The Morgan fingerprint density at radius 2 is 2.17 bits per heavy atom. The molecule has 1 aromatic rings. The second-order valence-corrected chi connectivity index (χ2v) is 4.46. The first-order valence-electron chi connectivity index (χ1n) is 6.19. The predicted octanol–water partition coefficient (Wildman–Crippen LogP) is 0.577. The molecular formula is C12H19N5O. The van der Waals surface area contributed by atoms with E-state index in [1.165, 1.54) is 0 Å². The molecule has 1 fully saturated rings. The van der Waals surface area contributed by atoms with Crippen molar-refractivity contribution in [3.05, 3.63) is 12.4 Å². The van der Waals surface area contributed by atoms with Crippen molar-refractivity contribution in [1.29, 1.82) is 0 Å². The van der Waals surface area contributed by atoms with E-state index >= 15 is 0 Å². The van der Waals surface area contributed by atoms with Gasteiger partial charge in [0.15, 0.2) is 0 Å². The van der Waals surface area contributed by atoms with E-state index in [9.17, 15) is 4.79 Å². The molecular weight excluding hydrogens is 230 g/mol. The number of hydrogen-bond acceptors (Lipinski definition) is 5. The Bertz CT molecular complexity index is 417. The molecule has 1 aliphatic rings. The molecule has 6 heteroatoms. The third-order valence-corrected chi connectivity index (χ3v) is 3.10. The maximum Gasteiger partial charge on any atom is 0.242 e. The van der Waals surface area contributed by atoms with Gasteiger partial charge in [0, 0.05) is 27.2 Å². The van der Waals surface area contributed by atoms with Crippen LogP contribution >= 0.6 is 0 Å². The number of anilines is 2. The first-order chi connectivity index (χ1) is 8.70. The van der Waals surface area contributed by atoms with Crippen molar-refractivity contribution < 1.29 is 4.79 Å². The molecule has 2 rings (SSSR count). The van der Waals surface area contributed by atoms with Gasteiger partial charge in [0.1, 0.15) is 11.6 Å². The van der Waals surface area contributed by atoms with Crippen LogP contribution in [0.4, 0.5) is 11.6 Å². The topological polar surface area (TPSA) is 61.4 Å². The molecule has 1 saturated heterocycles. The summed E-state index contributed by atoms with van der Waals surface area (Å²) in [6, 6.07) is 0. The maximum absolute atomic E-state index is 12.0. The minimum absolute atomic E-state index is 0.159. The van der Waals surface area contributed by atoms with E-state index in [4.69, 9.17) is 0 Å². The Morgan fingerprint density at radius 3 is 2.83 bits per heavy atom. The SMILES string of the molecule is CNc1cncc(N(C)CC(=O)N2CCCC2)n1. The summed E-state index contributed by atoms with van der Waals surface area (Å²) < 4.78 is 0. The molecule has 0 radical (unpaired) electrons. The first kappa shape index (κ1) is 12.6. The zero-order valence-electron chi connectivity index (χ0n) is 10.9. The lowest BCUT2D eigenvalue weighted by atomic mass is 10.4. The number of carbonyl (C=O) groups excluding carboxylic acids is 1. The number of likely N-dealkylation sites (tertiary alicyclic amines) is 1. The van der Waals surface area contributed by atoms with E-state index in [2.05, 4.69) is 15.3 Å². The van der Waals surface area contributed by atoms with Crippen LogP contribution in [-0.4, -0.2) is 54.5 Å². The lowest BCUT2D eigenvalue weighted by molar-refractivity contribution is -0.128. The van der Waals surface area contributed by atoms with Gasteiger partial charge in [0.2, 0.25) is 5.91 Å². The van der Waals surface area contributed by atoms with Gasteiger partial charge >= 0.3 is 0 Å². The number of likely N-dealkylation sites (N-methyl/N-ethyl adjacent to an activating group) is 1. The fourth-order valence-electron chi connectivity index (χ4n) is 2.01. The summed E-state index contributed by atoms with van der Waals surface area (Å²) in [5, 5.41) is 2.94. The minimum atomic E-state index is 0.159. The van der Waals surface area contributed by atoms with Gasteiger partial charge in [0.05, 0.1) is 18.9 Å². The molecule has 18 heavy (non-hydrogen) atoms. The lowest BCUT2D eigenvalue weighted by Gasteiger charge is -2.22. The average molecular weight is 249 g/mol. The molecule has 98 valence electrons. The van der Waals surface area contributed by atoms with Crippen molar-refractivity contribution in [1.82, 2.24) is 14.9 Å². The molecule has 6 nitrogen and oxygen atoms in total. The smallest absolute Gasteiger partial charge is 0.242 e. The van der Waals surface area contributed by atoms with Crippen LogP contribution in [0.3, 0.4) is 0 Å². The highest BCUT2D eigenvalue weighted by atomic mass is 16.2. The standard InChI is InChI=1S/C12H19N5O/c1-13-10-7-14-8-11(15-10)16(2)9-12(18)17-5-3-4-6-17/h7-8H,3-6,9H2,1-2H3,(H,13,15). The molecule has 0 saturated carbocycles. The lowest BCUT2D eigenvalue weighted by Crippen LogP contribution is -2.37. The molecule has 0 unspecified atom stereocenters. The fourth-order valence-corrected chi connectivity index (χ4v) is 2.01. The van der Waals surface area contributed by atoms with Gasteiger partial charge in [-0.1, -0.05) is 0 Å². The van der Waals surface area contributed by atoms with Crippen LogP contribution in [0.2, 0.25) is 0 Å². The number of carbonyl (C=O) groups is 1. The van der Waals surface area contributed by atoms with Crippen molar-refractivity contribution in [2.45, 2.75) is 12.8 Å². The van der Waals surface area contributed by atoms with E-state index in [-0.39, 0.29) is 5.91 Å². The van der Waals surface area contributed by atoms with Crippen molar-refractivity contribution in [2.75, 3.05) is 43.9 Å². The second-order valence-electron chi connectivity index (χ2n) is 4.46. The quantitative estimate of drug-likeness (QED) is 0.845. The molecule has 0 spiro atoms. The van der Waals surface area contributed by atoms with Crippen LogP contribution in [0.15, 0.2) is 12.4 Å². The van der Waals surface area contributed by atoms with Gasteiger partial charge in [-0.05, 0) is 12.8 Å². The van der Waals surface area contributed by atoms with Crippen LogP contribution < -0.4 is 10.2 Å². The number of nitrogens with zero attached hydrogens (tertiary/aromatic N) is 4. The summed E-state index contributed by atoms with van der Waals surface area (Å²) in [6.07, 6.45) is 5.55. The Hall–Kier alpha value is -1.85. The molecule has 2 heterocycles. The highest BCUT2D eigenvalue weighted by Gasteiger charge is 2.19. The summed E-state index contributed by atoms with van der Waals surface area (Å²) in [5.41, 5.74) is 0. The largest absolute Gasteiger partial charge is 0.372 e. The van der Waals surface area contributed by atoms with Crippen molar-refractivity contribution in [2.24, 2.45) is 0 Å². The number of hydrogen-bond donors (Lipinski definition) is 1. The van der Waals surface area contributed by atoms with Crippen LogP contribution in [0.5, 0.6) is 0 Å². The average Bonchev–Trinajstić information content (AvgIpc) is 2.92. The minimum Gasteiger partial charge on any atom is -0.372 e. The van der Waals surface area contributed by atoms with Crippen LogP contribution in [0, 0.1) is 0 Å². The number of aromatic nitrogens is 2. The van der Waals surface area contributed by atoms with Crippen LogP contribution in [0.25, 0.3) is 0 Å². The summed E-state index contributed by atoms with van der Waals surface area (Å²) >= 11 is 0. The summed E-state index contributed by atoms with van der Waals surface area (Å²) in [7, 11) is 3.65. The molecule has 1 aliphatic heterocycles. The van der Waals surface area contributed by atoms with Crippen LogP contribution in [-0.2, 0) is 4.79 Å².